The number of sulfonamides is 1. The molecule has 1 aromatic rings. The van der Waals surface area contributed by atoms with Crippen molar-refractivity contribution in [2.75, 3.05) is 19.7 Å². The first kappa shape index (κ1) is 15.7. The van der Waals surface area contributed by atoms with E-state index in [0.29, 0.717) is 24.5 Å². The van der Waals surface area contributed by atoms with Crippen LogP contribution in [0.4, 0.5) is 4.39 Å². The van der Waals surface area contributed by atoms with Gasteiger partial charge >= 0.3 is 0 Å². The van der Waals surface area contributed by atoms with Crippen LogP contribution in [0.2, 0.25) is 5.02 Å². The summed E-state index contributed by atoms with van der Waals surface area (Å²) in [6.45, 7) is 0.680. The summed E-state index contributed by atoms with van der Waals surface area (Å²) in [7, 11) is -3.60. The fourth-order valence-corrected chi connectivity index (χ4v) is 4.21. The van der Waals surface area contributed by atoms with Gasteiger partial charge in [-0.3, -0.25) is 0 Å². The molecule has 0 bridgehead atoms. The molecular formula is C13H17ClFNO3S. The van der Waals surface area contributed by atoms with Crippen molar-refractivity contribution in [1.82, 2.24) is 4.31 Å². The summed E-state index contributed by atoms with van der Waals surface area (Å²) in [6.07, 6.45) is 1.52. The largest absolute Gasteiger partial charge is 0.396 e. The van der Waals surface area contributed by atoms with Gasteiger partial charge in [0.05, 0.1) is 5.75 Å². The van der Waals surface area contributed by atoms with E-state index in [4.69, 9.17) is 16.7 Å². The molecule has 1 aromatic carbocycles. The second-order valence-electron chi connectivity index (χ2n) is 5.04. The number of aliphatic hydroxyl groups excluding tert-OH is 1. The third-order valence-corrected chi connectivity index (χ3v) is 5.51. The molecule has 0 radical (unpaired) electrons. The normalized spacial score (nSPS) is 21.1. The molecular weight excluding hydrogens is 305 g/mol. The molecule has 1 aliphatic heterocycles. The van der Waals surface area contributed by atoms with E-state index in [-0.39, 0.29) is 18.1 Å². The zero-order valence-electron chi connectivity index (χ0n) is 10.9. The van der Waals surface area contributed by atoms with Gasteiger partial charge in [-0.05, 0) is 37.0 Å². The van der Waals surface area contributed by atoms with Gasteiger partial charge in [-0.1, -0.05) is 11.6 Å². The van der Waals surface area contributed by atoms with E-state index in [1.807, 2.05) is 0 Å². The van der Waals surface area contributed by atoms with Gasteiger partial charge in [-0.15, -0.1) is 0 Å². The second kappa shape index (κ2) is 6.39. The molecule has 20 heavy (non-hydrogen) atoms. The molecule has 0 aromatic heterocycles. The van der Waals surface area contributed by atoms with E-state index < -0.39 is 21.6 Å². The smallest absolute Gasteiger partial charge is 0.218 e. The first-order valence-electron chi connectivity index (χ1n) is 6.45. The lowest BCUT2D eigenvalue weighted by Gasteiger charge is -2.31. The fraction of sp³-hybridized carbons (Fsp3) is 0.538. The number of rotatable bonds is 4. The molecule has 1 unspecified atom stereocenters. The summed E-state index contributed by atoms with van der Waals surface area (Å²) >= 11 is 5.77. The SMILES string of the molecule is O=S(=O)(Cc1cc(Cl)ccc1F)N1CCCC(CO)C1. The van der Waals surface area contributed by atoms with Crippen LogP contribution in [0.25, 0.3) is 0 Å². The maximum Gasteiger partial charge on any atom is 0.218 e. The Balaban J connectivity index is 2.16. The van der Waals surface area contributed by atoms with Gasteiger partial charge in [0.25, 0.3) is 0 Å². The van der Waals surface area contributed by atoms with Crippen molar-refractivity contribution in [1.29, 1.82) is 0 Å². The van der Waals surface area contributed by atoms with E-state index >= 15 is 0 Å². The Morgan fingerprint density at radius 1 is 1.45 bits per heavy atom. The van der Waals surface area contributed by atoms with Crippen LogP contribution in [0.15, 0.2) is 18.2 Å². The summed E-state index contributed by atoms with van der Waals surface area (Å²) in [5, 5.41) is 9.45. The van der Waals surface area contributed by atoms with Crippen molar-refractivity contribution >= 4 is 21.6 Å². The van der Waals surface area contributed by atoms with Gasteiger partial charge in [-0.2, -0.15) is 0 Å². The molecule has 1 N–H and O–H groups in total. The van der Waals surface area contributed by atoms with E-state index in [1.165, 1.54) is 22.5 Å². The lowest BCUT2D eigenvalue weighted by Crippen LogP contribution is -2.41. The van der Waals surface area contributed by atoms with Crippen LogP contribution in [0.3, 0.4) is 0 Å². The molecule has 7 heteroatoms. The van der Waals surface area contributed by atoms with Crippen LogP contribution in [0.5, 0.6) is 0 Å². The first-order chi connectivity index (χ1) is 9.42. The first-order valence-corrected chi connectivity index (χ1v) is 8.43. The molecule has 1 atom stereocenters. The molecule has 0 amide bonds. The van der Waals surface area contributed by atoms with Crippen molar-refractivity contribution in [2.24, 2.45) is 5.92 Å². The number of benzene rings is 1. The average molecular weight is 322 g/mol. The van der Waals surface area contributed by atoms with Crippen molar-refractivity contribution in [3.63, 3.8) is 0 Å². The lowest BCUT2D eigenvalue weighted by molar-refractivity contribution is 0.165. The Morgan fingerprint density at radius 2 is 2.20 bits per heavy atom. The third kappa shape index (κ3) is 3.69. The van der Waals surface area contributed by atoms with Gasteiger partial charge < -0.3 is 5.11 Å². The summed E-state index contributed by atoms with van der Waals surface area (Å²) in [5.41, 5.74) is 0.0728. The fourth-order valence-electron chi connectivity index (χ4n) is 2.37. The molecule has 0 saturated carbocycles. The molecule has 1 fully saturated rings. The summed E-state index contributed by atoms with van der Waals surface area (Å²) in [4.78, 5) is 0. The van der Waals surface area contributed by atoms with Crippen LogP contribution in [0.1, 0.15) is 18.4 Å². The number of nitrogens with zero attached hydrogens (tertiary/aromatic N) is 1. The second-order valence-corrected chi connectivity index (χ2v) is 7.45. The predicted octanol–water partition coefficient (Wildman–Crippen LogP) is 2.01. The van der Waals surface area contributed by atoms with E-state index in [0.717, 1.165) is 6.42 Å². The molecule has 0 aliphatic carbocycles. The van der Waals surface area contributed by atoms with Crippen LogP contribution < -0.4 is 0 Å². The van der Waals surface area contributed by atoms with Gasteiger partial charge in [0.15, 0.2) is 0 Å². The average Bonchev–Trinajstić information content (AvgIpc) is 2.43. The molecule has 112 valence electrons. The highest BCUT2D eigenvalue weighted by Gasteiger charge is 2.29. The Kier molecular flexibility index (Phi) is 5.01. The maximum absolute atomic E-state index is 13.6. The molecule has 1 saturated heterocycles. The zero-order valence-corrected chi connectivity index (χ0v) is 12.5. The zero-order chi connectivity index (χ0) is 14.8. The van der Waals surface area contributed by atoms with Gasteiger partial charge in [0.1, 0.15) is 5.82 Å². The van der Waals surface area contributed by atoms with Crippen molar-refractivity contribution in [3.05, 3.63) is 34.6 Å². The van der Waals surface area contributed by atoms with Crippen molar-refractivity contribution in [3.8, 4) is 0 Å². The van der Waals surface area contributed by atoms with Crippen molar-refractivity contribution < 1.29 is 17.9 Å². The topological polar surface area (TPSA) is 57.6 Å². The number of aliphatic hydroxyl groups is 1. The van der Waals surface area contributed by atoms with Crippen LogP contribution in [-0.2, 0) is 15.8 Å². The molecule has 0 spiro atoms. The molecule has 1 aliphatic rings. The molecule has 4 nitrogen and oxygen atoms in total. The number of piperidine rings is 1. The van der Waals surface area contributed by atoms with Crippen LogP contribution >= 0.6 is 11.6 Å². The van der Waals surface area contributed by atoms with Crippen molar-refractivity contribution in [2.45, 2.75) is 18.6 Å². The van der Waals surface area contributed by atoms with Gasteiger partial charge in [0, 0.05) is 30.3 Å². The van der Waals surface area contributed by atoms with Gasteiger partial charge in [-0.25, -0.2) is 17.1 Å². The summed E-state index contributed by atoms with van der Waals surface area (Å²) < 4.78 is 39.6. The highest BCUT2D eigenvalue weighted by atomic mass is 35.5. The minimum absolute atomic E-state index is 0.0302. The monoisotopic (exact) mass is 321 g/mol. The Bertz CT molecular complexity index is 579. The lowest BCUT2D eigenvalue weighted by atomic mass is 10.0. The summed E-state index contributed by atoms with van der Waals surface area (Å²) in [5.74, 6) is -1.02. The summed E-state index contributed by atoms with van der Waals surface area (Å²) in [6, 6.07) is 3.89. The quantitative estimate of drug-likeness (QED) is 0.923. The van der Waals surface area contributed by atoms with Gasteiger partial charge in [0.2, 0.25) is 10.0 Å². The minimum atomic E-state index is -3.60. The number of hydrogen-bond acceptors (Lipinski definition) is 3. The van der Waals surface area contributed by atoms with Crippen LogP contribution in [0, 0.1) is 11.7 Å². The van der Waals surface area contributed by atoms with E-state index in [2.05, 4.69) is 0 Å². The standard InChI is InChI=1S/C13H17ClFNO3S/c14-12-3-4-13(15)11(6-12)9-20(18,19)16-5-1-2-10(7-16)8-17/h3-4,6,10,17H,1-2,5,7-9H2. The predicted molar refractivity (Wildman–Crippen MR) is 75.4 cm³/mol. The Hall–Kier alpha value is -0.690. The molecule has 2 rings (SSSR count). The minimum Gasteiger partial charge on any atom is -0.396 e. The van der Waals surface area contributed by atoms with Crippen LogP contribution in [-0.4, -0.2) is 37.5 Å². The maximum atomic E-state index is 13.6. The number of hydrogen-bond donors (Lipinski definition) is 1. The number of halogens is 2. The molecule has 1 heterocycles. The van der Waals surface area contributed by atoms with E-state index in [9.17, 15) is 12.8 Å². The highest BCUT2D eigenvalue weighted by Crippen LogP contribution is 2.23. The third-order valence-electron chi connectivity index (χ3n) is 3.48. The Labute approximate surface area is 123 Å². The Morgan fingerprint density at radius 3 is 2.90 bits per heavy atom. The van der Waals surface area contributed by atoms with E-state index in [1.54, 1.807) is 0 Å². The highest BCUT2D eigenvalue weighted by molar-refractivity contribution is 7.88.